The van der Waals surface area contributed by atoms with E-state index < -0.39 is 21.8 Å². The van der Waals surface area contributed by atoms with E-state index in [-0.39, 0.29) is 4.90 Å². The summed E-state index contributed by atoms with van der Waals surface area (Å²) in [4.78, 5) is 15.2. The molecule has 0 aliphatic carbocycles. The lowest BCUT2D eigenvalue weighted by atomic mass is 9.98. The summed E-state index contributed by atoms with van der Waals surface area (Å²) >= 11 is 0. The maximum Gasteiger partial charge on any atom is 0.417 e. The number of hydrogen-bond donors (Lipinski definition) is 1. The van der Waals surface area contributed by atoms with Crippen molar-refractivity contribution in [2.75, 3.05) is 38.1 Å². The zero-order valence-corrected chi connectivity index (χ0v) is 24.8. The molecular formula is C31H33F3N6O2S. The highest BCUT2D eigenvalue weighted by molar-refractivity contribution is 7.89. The molecule has 0 saturated carbocycles. The second-order valence-corrected chi connectivity index (χ2v) is 13.5. The Morgan fingerprint density at radius 3 is 2.58 bits per heavy atom. The van der Waals surface area contributed by atoms with Gasteiger partial charge in [0.2, 0.25) is 10.0 Å². The number of hydrogen-bond acceptors (Lipinski definition) is 7. The molecule has 0 amide bonds. The van der Waals surface area contributed by atoms with Crippen LogP contribution < -0.4 is 10.2 Å². The second kappa shape index (κ2) is 11.5. The number of sulfonamides is 1. The lowest BCUT2D eigenvalue weighted by molar-refractivity contribution is -0.137. The van der Waals surface area contributed by atoms with E-state index in [1.54, 1.807) is 31.3 Å². The quantitative estimate of drug-likeness (QED) is 0.321. The van der Waals surface area contributed by atoms with Gasteiger partial charge in [-0.05, 0) is 97.8 Å². The van der Waals surface area contributed by atoms with Crippen LogP contribution in [0.5, 0.6) is 0 Å². The molecule has 2 aliphatic heterocycles. The molecule has 2 aromatic carbocycles. The zero-order valence-electron chi connectivity index (χ0n) is 24.0. The van der Waals surface area contributed by atoms with Crippen molar-refractivity contribution >= 4 is 26.7 Å². The van der Waals surface area contributed by atoms with E-state index in [4.69, 9.17) is 0 Å². The van der Waals surface area contributed by atoms with E-state index in [2.05, 4.69) is 25.2 Å². The fourth-order valence-corrected chi connectivity index (χ4v) is 7.38. The summed E-state index contributed by atoms with van der Waals surface area (Å²) in [5.74, 6) is 0.983. The van der Waals surface area contributed by atoms with Crippen LogP contribution in [0, 0.1) is 12.8 Å². The first-order chi connectivity index (χ1) is 20.5. The van der Waals surface area contributed by atoms with Crippen LogP contribution in [0.2, 0.25) is 0 Å². The summed E-state index contributed by atoms with van der Waals surface area (Å²) in [5, 5.41) is 4.03. The van der Waals surface area contributed by atoms with Gasteiger partial charge in [-0.2, -0.15) is 13.2 Å². The standard InChI is InChI=1S/C31H33F3N6O2S/c1-20-11-23(24-12-26(16-36-15-24)31(32,33)34)14-28-29(20)37-19-38-30(28)40-10-7-22-3-4-27(13-25(22)18-40)43(41,42)39(2)17-21-5-8-35-9-6-21/h3-4,11-16,19,21,35H,5-10,17-18H2,1-2H3. The first-order valence-electron chi connectivity index (χ1n) is 14.3. The van der Waals surface area contributed by atoms with Crippen molar-refractivity contribution in [2.24, 2.45) is 5.92 Å². The number of halogens is 3. The van der Waals surface area contributed by atoms with Gasteiger partial charge in [-0.15, -0.1) is 0 Å². The third-order valence-corrected chi connectivity index (χ3v) is 10.3. The summed E-state index contributed by atoms with van der Waals surface area (Å²) in [6.45, 7) is 5.26. The predicted octanol–water partition coefficient (Wildman–Crippen LogP) is 5.20. The lowest BCUT2D eigenvalue weighted by Gasteiger charge is -2.31. The largest absolute Gasteiger partial charge is 0.417 e. The van der Waals surface area contributed by atoms with Crippen LogP contribution in [0.15, 0.2) is 60.0 Å². The smallest absolute Gasteiger partial charge is 0.351 e. The highest BCUT2D eigenvalue weighted by Gasteiger charge is 2.31. The molecule has 2 aromatic heterocycles. The molecule has 0 unspecified atom stereocenters. The van der Waals surface area contributed by atoms with Crippen LogP contribution in [0.4, 0.5) is 19.0 Å². The number of aryl methyl sites for hydroxylation is 1. The van der Waals surface area contributed by atoms with Gasteiger partial charge in [-0.3, -0.25) is 4.98 Å². The zero-order chi connectivity index (χ0) is 30.4. The van der Waals surface area contributed by atoms with E-state index in [1.165, 1.54) is 16.8 Å². The molecule has 226 valence electrons. The first kappa shape index (κ1) is 29.5. The number of aromatic nitrogens is 3. The maximum atomic E-state index is 13.5. The summed E-state index contributed by atoms with van der Waals surface area (Å²) in [5.41, 5.74) is 3.62. The van der Waals surface area contributed by atoms with Crippen molar-refractivity contribution in [3.8, 4) is 11.1 Å². The second-order valence-electron chi connectivity index (χ2n) is 11.4. The molecule has 1 saturated heterocycles. The number of nitrogens with one attached hydrogen (secondary N) is 1. The Balaban J connectivity index is 1.31. The molecule has 0 atom stereocenters. The number of fused-ring (bicyclic) bond motifs is 2. The number of benzene rings is 2. The van der Waals surface area contributed by atoms with Crippen LogP contribution in [0.1, 0.15) is 35.1 Å². The Bertz CT molecular complexity index is 1770. The highest BCUT2D eigenvalue weighted by atomic mass is 32.2. The van der Waals surface area contributed by atoms with E-state index in [0.717, 1.165) is 54.9 Å². The van der Waals surface area contributed by atoms with Gasteiger partial charge >= 0.3 is 6.18 Å². The Kier molecular flexibility index (Phi) is 7.86. The summed E-state index contributed by atoms with van der Waals surface area (Å²) < 4.78 is 68.7. The van der Waals surface area contributed by atoms with Crippen molar-refractivity contribution in [1.29, 1.82) is 0 Å². The Labute approximate surface area is 249 Å². The van der Waals surface area contributed by atoms with Gasteiger partial charge in [0.25, 0.3) is 0 Å². The molecule has 1 fully saturated rings. The predicted molar refractivity (Wildman–Crippen MR) is 159 cm³/mol. The van der Waals surface area contributed by atoms with Gasteiger partial charge in [0, 0.05) is 50.0 Å². The van der Waals surface area contributed by atoms with Crippen LogP contribution in [-0.4, -0.2) is 60.9 Å². The van der Waals surface area contributed by atoms with Gasteiger partial charge in [0.1, 0.15) is 12.1 Å². The summed E-state index contributed by atoms with van der Waals surface area (Å²) in [6, 6.07) is 10.1. The number of piperidine rings is 1. The third-order valence-electron chi connectivity index (χ3n) is 8.48. The minimum atomic E-state index is -4.50. The first-order valence-corrected chi connectivity index (χ1v) is 15.8. The normalized spacial score (nSPS) is 16.6. The molecule has 4 aromatic rings. The third kappa shape index (κ3) is 5.96. The molecule has 0 spiro atoms. The van der Waals surface area contributed by atoms with Gasteiger partial charge in [0.05, 0.1) is 16.0 Å². The topological polar surface area (TPSA) is 91.3 Å². The fraction of sp³-hybridized carbons (Fsp3) is 0.387. The maximum absolute atomic E-state index is 13.5. The molecule has 8 nitrogen and oxygen atoms in total. The number of pyridine rings is 1. The summed E-state index contributed by atoms with van der Waals surface area (Å²) in [7, 11) is -2.01. The van der Waals surface area contributed by atoms with Gasteiger partial charge < -0.3 is 10.2 Å². The number of anilines is 1. The molecule has 4 heterocycles. The molecule has 2 aliphatic rings. The average molecular weight is 611 g/mol. The lowest BCUT2D eigenvalue weighted by Crippen LogP contribution is -2.37. The minimum absolute atomic E-state index is 0.271. The molecule has 0 bridgehead atoms. The Morgan fingerprint density at radius 2 is 1.81 bits per heavy atom. The van der Waals surface area contributed by atoms with Gasteiger partial charge in [0.15, 0.2) is 0 Å². The number of alkyl halides is 3. The van der Waals surface area contributed by atoms with Crippen LogP contribution in [-0.2, 0) is 29.2 Å². The molecule has 0 radical (unpaired) electrons. The van der Waals surface area contributed by atoms with E-state index in [9.17, 15) is 21.6 Å². The Morgan fingerprint density at radius 1 is 1.02 bits per heavy atom. The monoisotopic (exact) mass is 610 g/mol. The number of rotatable bonds is 6. The van der Waals surface area contributed by atoms with Crippen molar-refractivity contribution in [1.82, 2.24) is 24.6 Å². The average Bonchev–Trinajstić information content (AvgIpc) is 3.00. The van der Waals surface area contributed by atoms with Crippen molar-refractivity contribution < 1.29 is 21.6 Å². The van der Waals surface area contributed by atoms with E-state index in [0.29, 0.717) is 59.8 Å². The molecule has 43 heavy (non-hydrogen) atoms. The van der Waals surface area contributed by atoms with Crippen molar-refractivity contribution in [3.63, 3.8) is 0 Å². The van der Waals surface area contributed by atoms with Crippen LogP contribution >= 0.6 is 0 Å². The van der Waals surface area contributed by atoms with Crippen LogP contribution in [0.25, 0.3) is 22.0 Å². The molecule has 1 N–H and O–H groups in total. The minimum Gasteiger partial charge on any atom is -0.351 e. The molecule has 6 rings (SSSR count). The van der Waals surface area contributed by atoms with Crippen molar-refractivity contribution in [3.05, 3.63) is 77.4 Å². The fourth-order valence-electron chi connectivity index (χ4n) is 6.08. The molecular weight excluding hydrogens is 577 g/mol. The van der Waals surface area contributed by atoms with E-state index >= 15 is 0 Å². The summed E-state index contributed by atoms with van der Waals surface area (Å²) in [6.07, 6.45) is 1.83. The van der Waals surface area contributed by atoms with Gasteiger partial charge in [-0.25, -0.2) is 22.7 Å². The highest BCUT2D eigenvalue weighted by Crippen LogP contribution is 2.36. The Hall–Kier alpha value is -3.61. The SMILES string of the molecule is Cc1cc(-c2cncc(C(F)(F)F)c2)cc2c(N3CCc4ccc(S(=O)(=O)N(C)CC5CCNCC5)cc4C3)ncnc12. The van der Waals surface area contributed by atoms with Crippen molar-refractivity contribution in [2.45, 2.75) is 43.8 Å². The van der Waals surface area contributed by atoms with E-state index in [1.807, 2.05) is 13.0 Å². The van der Waals surface area contributed by atoms with Gasteiger partial charge in [-0.1, -0.05) is 6.07 Å². The number of nitrogens with zero attached hydrogens (tertiary/aromatic N) is 5. The van der Waals surface area contributed by atoms with Crippen LogP contribution in [0.3, 0.4) is 0 Å². The molecule has 12 heteroatoms.